The Hall–Kier alpha value is -6.96. The van der Waals surface area contributed by atoms with Crippen molar-refractivity contribution in [2.75, 3.05) is 4.90 Å². The Labute approximate surface area is 309 Å². The molecule has 0 aliphatic heterocycles. The van der Waals surface area contributed by atoms with Crippen molar-refractivity contribution in [3.8, 4) is 33.4 Å². The van der Waals surface area contributed by atoms with Crippen LogP contribution in [-0.4, -0.2) is 0 Å². The fourth-order valence-corrected chi connectivity index (χ4v) is 8.04. The van der Waals surface area contributed by atoms with Crippen molar-refractivity contribution in [1.82, 2.24) is 0 Å². The lowest BCUT2D eigenvalue weighted by Gasteiger charge is -2.28. The quantitative estimate of drug-likeness (QED) is 0.159. The van der Waals surface area contributed by atoms with Gasteiger partial charge in [-0.3, -0.25) is 0 Å². The van der Waals surface area contributed by atoms with Crippen molar-refractivity contribution in [2.24, 2.45) is 0 Å². The highest BCUT2D eigenvalue weighted by Gasteiger charge is 2.18. The lowest BCUT2D eigenvalue weighted by molar-refractivity contribution is 1.28. The number of benzene rings is 10. The first kappa shape index (κ1) is 30.8. The SMILES string of the molecule is c1ccc(-c2ccc(N(c3ccc(-c4cc5ccc6ccccc6c5c5ccccc45)cc3)c3ccccc3-c3ccc4ccccc4c3)cc2)cc1. The van der Waals surface area contributed by atoms with Gasteiger partial charge in [0, 0.05) is 16.9 Å². The molecular formula is C52H35N. The Morgan fingerprint density at radius 2 is 0.792 bits per heavy atom. The maximum atomic E-state index is 2.40. The van der Waals surface area contributed by atoms with Gasteiger partial charge >= 0.3 is 0 Å². The van der Waals surface area contributed by atoms with Crippen LogP contribution in [0.2, 0.25) is 0 Å². The zero-order valence-electron chi connectivity index (χ0n) is 29.2. The molecule has 248 valence electrons. The average Bonchev–Trinajstić information content (AvgIpc) is 3.24. The number of nitrogens with zero attached hydrogens (tertiary/aromatic N) is 1. The van der Waals surface area contributed by atoms with E-state index in [-0.39, 0.29) is 0 Å². The summed E-state index contributed by atoms with van der Waals surface area (Å²) in [4.78, 5) is 2.40. The molecular weight excluding hydrogens is 639 g/mol. The molecule has 1 heteroatoms. The second-order valence-corrected chi connectivity index (χ2v) is 13.7. The molecule has 0 spiro atoms. The second kappa shape index (κ2) is 13.0. The molecule has 0 aliphatic rings. The van der Waals surface area contributed by atoms with E-state index in [0.717, 1.165) is 17.1 Å². The van der Waals surface area contributed by atoms with Gasteiger partial charge in [0.2, 0.25) is 0 Å². The van der Waals surface area contributed by atoms with Crippen molar-refractivity contribution >= 4 is 60.2 Å². The van der Waals surface area contributed by atoms with E-state index in [1.807, 2.05) is 0 Å². The third-order valence-corrected chi connectivity index (χ3v) is 10.6. The van der Waals surface area contributed by atoms with Gasteiger partial charge in [0.15, 0.2) is 0 Å². The molecule has 53 heavy (non-hydrogen) atoms. The normalized spacial score (nSPS) is 11.4. The average molecular weight is 674 g/mol. The van der Waals surface area contributed by atoms with Gasteiger partial charge in [-0.25, -0.2) is 0 Å². The van der Waals surface area contributed by atoms with Crippen molar-refractivity contribution in [3.63, 3.8) is 0 Å². The molecule has 1 nitrogen and oxygen atoms in total. The summed E-state index contributed by atoms with van der Waals surface area (Å²) in [5.41, 5.74) is 10.6. The molecule has 0 aliphatic carbocycles. The number of para-hydroxylation sites is 1. The summed E-state index contributed by atoms with van der Waals surface area (Å²) in [5, 5.41) is 10.2. The molecule has 0 N–H and O–H groups in total. The van der Waals surface area contributed by atoms with Crippen LogP contribution in [0.1, 0.15) is 0 Å². The minimum absolute atomic E-state index is 1.10. The summed E-state index contributed by atoms with van der Waals surface area (Å²) < 4.78 is 0. The van der Waals surface area contributed by atoms with E-state index >= 15 is 0 Å². The van der Waals surface area contributed by atoms with Gasteiger partial charge in [-0.15, -0.1) is 0 Å². The first-order chi connectivity index (χ1) is 26.3. The van der Waals surface area contributed by atoms with Crippen LogP contribution in [-0.2, 0) is 0 Å². The minimum Gasteiger partial charge on any atom is -0.310 e. The summed E-state index contributed by atoms with van der Waals surface area (Å²) in [7, 11) is 0. The Bertz CT molecular complexity index is 2920. The number of rotatable bonds is 6. The van der Waals surface area contributed by atoms with Crippen LogP contribution in [0.3, 0.4) is 0 Å². The molecule has 0 radical (unpaired) electrons. The Morgan fingerprint density at radius 1 is 0.264 bits per heavy atom. The summed E-state index contributed by atoms with van der Waals surface area (Å²) in [6.45, 7) is 0. The van der Waals surface area contributed by atoms with E-state index in [0.29, 0.717) is 0 Å². The highest BCUT2D eigenvalue weighted by molar-refractivity contribution is 6.23. The van der Waals surface area contributed by atoms with Gasteiger partial charge in [0.05, 0.1) is 5.69 Å². The van der Waals surface area contributed by atoms with Crippen LogP contribution < -0.4 is 4.90 Å². The van der Waals surface area contributed by atoms with Crippen LogP contribution in [0.4, 0.5) is 17.1 Å². The van der Waals surface area contributed by atoms with Gasteiger partial charge < -0.3 is 4.90 Å². The van der Waals surface area contributed by atoms with E-state index in [4.69, 9.17) is 0 Å². The topological polar surface area (TPSA) is 3.24 Å². The van der Waals surface area contributed by atoms with Crippen LogP contribution in [0.25, 0.3) is 76.5 Å². The summed E-state index contributed by atoms with van der Waals surface area (Å²) in [6, 6.07) is 77.2. The number of hydrogen-bond donors (Lipinski definition) is 0. The van der Waals surface area contributed by atoms with Crippen molar-refractivity contribution in [2.45, 2.75) is 0 Å². The zero-order valence-corrected chi connectivity index (χ0v) is 29.2. The number of hydrogen-bond acceptors (Lipinski definition) is 1. The number of anilines is 3. The van der Waals surface area contributed by atoms with Crippen molar-refractivity contribution < 1.29 is 0 Å². The molecule has 0 amide bonds. The van der Waals surface area contributed by atoms with E-state index in [2.05, 4.69) is 217 Å². The fraction of sp³-hybridized carbons (Fsp3) is 0. The molecule has 0 aromatic heterocycles. The van der Waals surface area contributed by atoms with Gasteiger partial charge in [0.1, 0.15) is 0 Å². The standard InChI is InChI=1S/C52H35N/c1-2-12-36(13-3-1)38-26-30-44(31-27-38)53(51-21-11-10-17-46(51)42-24-22-37-14-4-5-16-41(37)34-42)45-32-28-40(29-33-45)50-35-43-25-23-39-15-6-7-18-47(39)52(43)49-20-9-8-19-48(49)50/h1-35H. The molecule has 10 aromatic rings. The molecule has 0 unspecified atom stereocenters. The molecule has 0 saturated carbocycles. The maximum absolute atomic E-state index is 2.40. The van der Waals surface area contributed by atoms with Gasteiger partial charge in [-0.05, 0) is 113 Å². The molecule has 10 rings (SSSR count). The second-order valence-electron chi connectivity index (χ2n) is 13.7. The van der Waals surface area contributed by atoms with Crippen LogP contribution in [0, 0.1) is 0 Å². The smallest absolute Gasteiger partial charge is 0.0540 e. The predicted molar refractivity (Wildman–Crippen MR) is 227 cm³/mol. The van der Waals surface area contributed by atoms with Crippen molar-refractivity contribution in [3.05, 3.63) is 212 Å². The predicted octanol–water partition coefficient (Wildman–Crippen LogP) is 14.8. The first-order valence-electron chi connectivity index (χ1n) is 18.3. The Morgan fingerprint density at radius 3 is 1.57 bits per heavy atom. The maximum Gasteiger partial charge on any atom is 0.0540 e. The summed E-state index contributed by atoms with van der Waals surface area (Å²) >= 11 is 0. The van der Waals surface area contributed by atoms with Gasteiger partial charge in [0.25, 0.3) is 0 Å². The highest BCUT2D eigenvalue weighted by Crippen LogP contribution is 2.43. The van der Waals surface area contributed by atoms with Crippen LogP contribution in [0.5, 0.6) is 0 Å². The van der Waals surface area contributed by atoms with Gasteiger partial charge in [-0.2, -0.15) is 0 Å². The molecule has 0 bridgehead atoms. The van der Waals surface area contributed by atoms with Crippen LogP contribution >= 0.6 is 0 Å². The lowest BCUT2D eigenvalue weighted by atomic mass is 9.90. The monoisotopic (exact) mass is 673 g/mol. The van der Waals surface area contributed by atoms with E-state index in [9.17, 15) is 0 Å². The van der Waals surface area contributed by atoms with Crippen LogP contribution in [0.15, 0.2) is 212 Å². The van der Waals surface area contributed by atoms with E-state index in [1.54, 1.807) is 0 Å². The van der Waals surface area contributed by atoms with Crippen molar-refractivity contribution in [1.29, 1.82) is 0 Å². The molecule has 0 fully saturated rings. The zero-order chi connectivity index (χ0) is 35.1. The van der Waals surface area contributed by atoms with E-state index in [1.165, 1.54) is 76.5 Å². The largest absolute Gasteiger partial charge is 0.310 e. The summed E-state index contributed by atoms with van der Waals surface area (Å²) in [5.74, 6) is 0. The molecule has 10 aromatic carbocycles. The molecule has 0 saturated heterocycles. The Kier molecular flexibility index (Phi) is 7.55. The third-order valence-electron chi connectivity index (χ3n) is 10.6. The minimum atomic E-state index is 1.10. The highest BCUT2D eigenvalue weighted by atomic mass is 15.1. The summed E-state index contributed by atoms with van der Waals surface area (Å²) in [6.07, 6.45) is 0. The first-order valence-corrected chi connectivity index (χ1v) is 18.3. The number of fused-ring (bicyclic) bond motifs is 6. The lowest BCUT2D eigenvalue weighted by Crippen LogP contribution is -2.11. The van der Waals surface area contributed by atoms with Gasteiger partial charge in [-0.1, -0.05) is 170 Å². The Balaban J connectivity index is 1.12. The molecule has 0 atom stereocenters. The molecule has 0 heterocycles. The van der Waals surface area contributed by atoms with E-state index < -0.39 is 0 Å². The fourth-order valence-electron chi connectivity index (χ4n) is 8.04. The third kappa shape index (κ3) is 5.51.